The molecule has 0 aromatic heterocycles. The first-order valence-electron chi connectivity index (χ1n) is 7.44. The molecule has 0 unspecified atom stereocenters. The van der Waals surface area contributed by atoms with Crippen molar-refractivity contribution in [2.24, 2.45) is 0 Å². The Labute approximate surface area is 117 Å². The van der Waals surface area contributed by atoms with Gasteiger partial charge in [-0.3, -0.25) is 0 Å². The number of benzene rings is 1. The molecule has 1 aromatic rings. The Morgan fingerprint density at radius 1 is 1.00 bits per heavy atom. The average molecular weight is 351 g/mol. The Morgan fingerprint density at radius 2 is 1.56 bits per heavy atom. The van der Waals surface area contributed by atoms with E-state index in [1.165, 1.54) is 39.0 Å². The van der Waals surface area contributed by atoms with Crippen LogP contribution in [0.25, 0.3) is 0 Å². The van der Waals surface area contributed by atoms with Gasteiger partial charge in [0.15, 0.2) is 0 Å². The van der Waals surface area contributed by atoms with Crippen LogP contribution in [0, 0.1) is 0 Å². The van der Waals surface area contributed by atoms with Crippen LogP contribution in [0.2, 0.25) is 8.87 Å². The fraction of sp³-hybridized carbons (Fsp3) is 0.529. The van der Waals surface area contributed by atoms with E-state index in [1.807, 2.05) is 0 Å². The predicted octanol–water partition coefficient (Wildman–Crippen LogP) is 5.54. The maximum absolute atomic E-state index is 4.23. The third-order valence-corrected chi connectivity index (χ3v) is 17.2. The Kier molecular flexibility index (Phi) is 7.72. The number of rotatable bonds is 9. The summed E-state index contributed by atoms with van der Waals surface area (Å²) in [5.41, 5.74) is 1.54. The van der Waals surface area contributed by atoms with Crippen LogP contribution >= 0.6 is 0 Å². The Balaban J connectivity index is 2.77. The Morgan fingerprint density at radius 3 is 2.00 bits per heavy atom. The second kappa shape index (κ2) is 8.79. The molecule has 0 radical (unpaired) electrons. The van der Waals surface area contributed by atoms with Gasteiger partial charge in [0.1, 0.15) is 0 Å². The second-order valence-electron chi connectivity index (χ2n) is 5.44. The van der Waals surface area contributed by atoms with Crippen molar-refractivity contribution in [3.63, 3.8) is 0 Å². The standard InChI is InChI=1S/C7H7.2C4H9.C2H3.Sn/c1-7-5-3-2-4-6-7;2*1-3-4-2;1-2;/h2-6H,1H2;2*1,3-4H2,2H3;1H,2H2;. The monoisotopic (exact) mass is 352 g/mol. The second-order valence-corrected chi connectivity index (χ2v) is 18.2. The molecule has 0 saturated carbocycles. The Bertz CT molecular complexity index is 321. The number of hydrogen-bond donors (Lipinski definition) is 0. The number of hydrogen-bond acceptors (Lipinski definition) is 0. The molecule has 1 rings (SSSR count). The first kappa shape index (κ1) is 15.8. The molecule has 100 valence electrons. The van der Waals surface area contributed by atoms with Gasteiger partial charge in [-0.15, -0.1) is 0 Å². The van der Waals surface area contributed by atoms with Crippen LogP contribution in [0.3, 0.4) is 0 Å². The Hall–Kier alpha value is -0.241. The minimum absolute atomic E-state index is 1.33. The van der Waals surface area contributed by atoms with Crippen molar-refractivity contribution in [3.05, 3.63) is 46.6 Å². The van der Waals surface area contributed by atoms with E-state index in [-0.39, 0.29) is 0 Å². The molecule has 0 aliphatic heterocycles. The molecule has 1 aromatic carbocycles. The first-order chi connectivity index (χ1) is 8.76. The van der Waals surface area contributed by atoms with Crippen LogP contribution in [-0.2, 0) is 4.44 Å². The summed E-state index contributed by atoms with van der Waals surface area (Å²) in [6, 6.07) is 11.1. The summed E-state index contributed by atoms with van der Waals surface area (Å²) in [4.78, 5) is 0. The molecule has 0 aliphatic carbocycles. The number of unbranched alkanes of at least 4 members (excludes halogenated alkanes) is 2. The van der Waals surface area contributed by atoms with Crippen molar-refractivity contribution in [3.8, 4) is 0 Å². The van der Waals surface area contributed by atoms with Crippen LogP contribution in [0.15, 0.2) is 41.0 Å². The van der Waals surface area contributed by atoms with E-state index in [4.69, 9.17) is 0 Å². The van der Waals surface area contributed by atoms with Gasteiger partial charge in [0, 0.05) is 0 Å². The first-order valence-corrected chi connectivity index (χ1v) is 15.1. The van der Waals surface area contributed by atoms with Crippen molar-refractivity contribution in [2.45, 2.75) is 52.8 Å². The fourth-order valence-corrected chi connectivity index (χ4v) is 15.0. The van der Waals surface area contributed by atoms with E-state index in [0.717, 1.165) is 0 Å². The summed E-state index contributed by atoms with van der Waals surface area (Å²) in [5.74, 6) is 0. The molecule has 0 atom stereocenters. The fourth-order valence-electron chi connectivity index (χ4n) is 2.64. The topological polar surface area (TPSA) is 0 Å². The van der Waals surface area contributed by atoms with E-state index in [1.54, 1.807) is 5.56 Å². The van der Waals surface area contributed by atoms with E-state index in [2.05, 4.69) is 54.9 Å². The van der Waals surface area contributed by atoms with Gasteiger partial charge < -0.3 is 0 Å². The summed E-state index contributed by atoms with van der Waals surface area (Å²) in [5, 5.41) is 0. The summed E-state index contributed by atoms with van der Waals surface area (Å²) in [6.07, 6.45) is 5.46. The zero-order chi connectivity index (χ0) is 13.3. The van der Waals surface area contributed by atoms with Gasteiger partial charge in [-0.25, -0.2) is 0 Å². The molecule has 0 nitrogen and oxygen atoms in total. The van der Waals surface area contributed by atoms with Crippen LogP contribution in [0.1, 0.15) is 45.1 Å². The molecule has 0 saturated heterocycles. The zero-order valence-electron chi connectivity index (χ0n) is 12.1. The van der Waals surface area contributed by atoms with Crippen molar-refractivity contribution in [1.29, 1.82) is 0 Å². The van der Waals surface area contributed by atoms with E-state index < -0.39 is 18.4 Å². The van der Waals surface area contributed by atoms with E-state index >= 15 is 0 Å². The molecular weight excluding hydrogens is 323 g/mol. The van der Waals surface area contributed by atoms with Gasteiger partial charge in [0.2, 0.25) is 0 Å². The van der Waals surface area contributed by atoms with Gasteiger partial charge in [0.05, 0.1) is 0 Å². The van der Waals surface area contributed by atoms with E-state index in [0.29, 0.717) is 0 Å². The molecule has 0 spiro atoms. The molecule has 1 heteroatoms. The summed E-state index contributed by atoms with van der Waals surface area (Å²) >= 11 is -2.11. The molecule has 18 heavy (non-hydrogen) atoms. The SMILES string of the molecule is C=[CH][Sn]([CH2]CCC)([CH2]CCC)[CH2]c1ccccc1. The van der Waals surface area contributed by atoms with Gasteiger partial charge in [-0.1, -0.05) is 0 Å². The van der Waals surface area contributed by atoms with Crippen molar-refractivity contribution >= 4 is 18.4 Å². The quantitative estimate of drug-likeness (QED) is 0.512. The van der Waals surface area contributed by atoms with E-state index in [9.17, 15) is 0 Å². The maximum atomic E-state index is 4.23. The van der Waals surface area contributed by atoms with Gasteiger partial charge in [-0.2, -0.15) is 0 Å². The third kappa shape index (κ3) is 5.17. The molecule has 0 fully saturated rings. The van der Waals surface area contributed by atoms with Gasteiger partial charge in [0.25, 0.3) is 0 Å². The molecule has 0 amide bonds. The van der Waals surface area contributed by atoms with Crippen LogP contribution < -0.4 is 0 Å². The van der Waals surface area contributed by atoms with Gasteiger partial charge in [-0.05, 0) is 0 Å². The van der Waals surface area contributed by atoms with Crippen molar-refractivity contribution in [2.75, 3.05) is 0 Å². The summed E-state index contributed by atoms with van der Waals surface area (Å²) < 4.78 is 6.78. The minimum atomic E-state index is -2.11. The summed E-state index contributed by atoms with van der Waals surface area (Å²) in [7, 11) is 0. The molecular formula is C17H28Sn. The van der Waals surface area contributed by atoms with Crippen molar-refractivity contribution < 1.29 is 0 Å². The van der Waals surface area contributed by atoms with Crippen LogP contribution in [0.5, 0.6) is 0 Å². The molecule has 0 heterocycles. The molecule has 0 N–H and O–H groups in total. The third-order valence-electron chi connectivity index (χ3n) is 3.89. The predicted molar refractivity (Wildman–Crippen MR) is 85.5 cm³/mol. The normalized spacial score (nSPS) is 11.4. The summed E-state index contributed by atoms with van der Waals surface area (Å²) in [6.45, 7) is 8.84. The molecule has 0 aliphatic rings. The van der Waals surface area contributed by atoms with Gasteiger partial charge >= 0.3 is 118 Å². The van der Waals surface area contributed by atoms with Crippen molar-refractivity contribution in [1.82, 2.24) is 0 Å². The van der Waals surface area contributed by atoms with Crippen LogP contribution in [-0.4, -0.2) is 18.4 Å². The molecule has 0 bridgehead atoms. The van der Waals surface area contributed by atoms with Crippen LogP contribution in [0.4, 0.5) is 0 Å². The average Bonchev–Trinajstić information content (AvgIpc) is 2.43. The zero-order valence-corrected chi connectivity index (χ0v) is 15.0.